The van der Waals surface area contributed by atoms with Crippen molar-refractivity contribution in [2.75, 3.05) is 6.61 Å². The number of aromatic nitrogens is 4. The Morgan fingerprint density at radius 3 is 2.79 bits per heavy atom. The van der Waals surface area contributed by atoms with Crippen molar-refractivity contribution < 1.29 is 13.7 Å². The van der Waals surface area contributed by atoms with E-state index in [0.717, 1.165) is 27.2 Å². The number of ether oxygens (including phenoxy) is 1. The molecule has 2 aromatic carbocycles. The summed E-state index contributed by atoms with van der Waals surface area (Å²) in [6.07, 6.45) is 6.28. The normalized spacial score (nSPS) is 18.8. The maximum Gasteiger partial charge on any atom is 0.282 e. The van der Waals surface area contributed by atoms with Gasteiger partial charge in [0.1, 0.15) is 18.6 Å². The first-order valence-corrected chi connectivity index (χ1v) is 9.02. The van der Waals surface area contributed by atoms with Crippen molar-refractivity contribution in [2.45, 2.75) is 5.54 Å². The Bertz CT molecular complexity index is 1360. The van der Waals surface area contributed by atoms with Crippen molar-refractivity contribution >= 4 is 27.6 Å². The SMILES string of the molecule is c1ccc2c(c1)ccc1nccc(C3(c4conn4)COC(c4ncco4)=N3)c12. The summed E-state index contributed by atoms with van der Waals surface area (Å²) >= 11 is 0. The number of oxazole rings is 1. The van der Waals surface area contributed by atoms with Crippen LogP contribution < -0.4 is 0 Å². The molecule has 0 radical (unpaired) electrons. The van der Waals surface area contributed by atoms with Gasteiger partial charge in [0.2, 0.25) is 0 Å². The lowest BCUT2D eigenvalue weighted by atomic mass is 9.85. The molecule has 0 spiro atoms. The van der Waals surface area contributed by atoms with Crippen LogP contribution in [0, 0.1) is 0 Å². The average Bonchev–Trinajstić information content (AvgIpc) is 3.54. The summed E-state index contributed by atoms with van der Waals surface area (Å²) in [5.41, 5.74) is 1.34. The van der Waals surface area contributed by atoms with Gasteiger partial charge >= 0.3 is 0 Å². The monoisotopic (exact) mass is 383 g/mol. The fraction of sp³-hybridized carbons (Fsp3) is 0.0952. The highest BCUT2D eigenvalue weighted by Gasteiger charge is 2.45. The zero-order chi connectivity index (χ0) is 19.3. The molecule has 0 saturated heterocycles. The molecule has 140 valence electrons. The Morgan fingerprint density at radius 1 is 0.966 bits per heavy atom. The molecule has 1 atom stereocenters. The lowest BCUT2D eigenvalue weighted by molar-refractivity contribution is 0.274. The van der Waals surface area contributed by atoms with E-state index >= 15 is 0 Å². The molecular formula is C21H13N5O3. The van der Waals surface area contributed by atoms with E-state index < -0.39 is 5.54 Å². The maximum atomic E-state index is 5.92. The minimum absolute atomic E-state index is 0.210. The van der Waals surface area contributed by atoms with Crippen LogP contribution in [0.3, 0.4) is 0 Å². The molecule has 8 nitrogen and oxygen atoms in total. The molecule has 0 aliphatic carbocycles. The molecular weight excluding hydrogens is 370 g/mol. The van der Waals surface area contributed by atoms with E-state index in [1.165, 1.54) is 12.5 Å². The number of pyridine rings is 1. The molecule has 1 aliphatic rings. The molecule has 6 rings (SSSR count). The van der Waals surface area contributed by atoms with Crippen LogP contribution in [0.1, 0.15) is 17.1 Å². The summed E-state index contributed by atoms with van der Waals surface area (Å²) in [6, 6.07) is 14.2. The van der Waals surface area contributed by atoms with Crippen LogP contribution in [0.2, 0.25) is 0 Å². The van der Waals surface area contributed by atoms with E-state index in [1.54, 1.807) is 12.4 Å². The summed E-state index contributed by atoms with van der Waals surface area (Å²) < 4.78 is 16.4. The van der Waals surface area contributed by atoms with Gasteiger partial charge in [-0.15, -0.1) is 5.10 Å². The molecule has 1 unspecified atom stereocenters. The predicted molar refractivity (Wildman–Crippen MR) is 103 cm³/mol. The molecule has 29 heavy (non-hydrogen) atoms. The summed E-state index contributed by atoms with van der Waals surface area (Å²) in [5, 5.41) is 11.0. The number of nitrogens with zero attached hydrogens (tertiary/aromatic N) is 5. The molecule has 0 bridgehead atoms. The fourth-order valence-electron chi connectivity index (χ4n) is 3.87. The van der Waals surface area contributed by atoms with Crippen LogP contribution in [-0.2, 0) is 10.3 Å². The number of rotatable bonds is 3. The third-order valence-corrected chi connectivity index (χ3v) is 5.19. The van der Waals surface area contributed by atoms with Crippen LogP contribution in [0.5, 0.6) is 0 Å². The molecule has 0 amide bonds. The van der Waals surface area contributed by atoms with Gasteiger partial charge in [-0.1, -0.05) is 30.3 Å². The summed E-state index contributed by atoms with van der Waals surface area (Å²) in [5.74, 6) is 0.620. The zero-order valence-corrected chi connectivity index (χ0v) is 15.0. The van der Waals surface area contributed by atoms with Crippen LogP contribution in [-0.4, -0.2) is 32.8 Å². The summed E-state index contributed by atoms with van der Waals surface area (Å²) in [4.78, 5) is 13.6. The number of benzene rings is 2. The molecule has 0 N–H and O–H groups in total. The van der Waals surface area contributed by atoms with Gasteiger partial charge in [0.05, 0.1) is 11.7 Å². The highest BCUT2D eigenvalue weighted by Crippen LogP contribution is 2.42. The lowest BCUT2D eigenvalue weighted by Gasteiger charge is -2.23. The van der Waals surface area contributed by atoms with Crippen molar-refractivity contribution in [3.05, 3.63) is 84.5 Å². The lowest BCUT2D eigenvalue weighted by Crippen LogP contribution is -2.28. The third kappa shape index (κ3) is 2.29. The predicted octanol–water partition coefficient (Wildman–Crippen LogP) is 3.48. The second kappa shape index (κ2) is 5.96. The van der Waals surface area contributed by atoms with Gasteiger partial charge in [-0.25, -0.2) is 9.98 Å². The van der Waals surface area contributed by atoms with E-state index in [1.807, 2.05) is 24.3 Å². The molecule has 0 saturated carbocycles. The molecule has 0 fully saturated rings. The smallest absolute Gasteiger partial charge is 0.282 e. The minimum atomic E-state index is -0.963. The van der Waals surface area contributed by atoms with Gasteiger partial charge < -0.3 is 13.7 Å². The van der Waals surface area contributed by atoms with Crippen LogP contribution in [0.15, 0.2) is 81.3 Å². The van der Waals surface area contributed by atoms with Crippen molar-refractivity contribution in [2.24, 2.45) is 4.99 Å². The third-order valence-electron chi connectivity index (χ3n) is 5.19. The molecule has 1 aliphatic heterocycles. The van der Waals surface area contributed by atoms with Crippen molar-refractivity contribution in [3.8, 4) is 0 Å². The van der Waals surface area contributed by atoms with Crippen molar-refractivity contribution in [3.63, 3.8) is 0 Å². The average molecular weight is 383 g/mol. The minimum Gasteiger partial charge on any atom is -0.471 e. The van der Waals surface area contributed by atoms with Gasteiger partial charge in [-0.2, -0.15) is 0 Å². The number of hydrogen-bond acceptors (Lipinski definition) is 8. The number of aliphatic imine (C=N–C) groups is 1. The standard InChI is InChI=1S/C21H13N5O3/c1-2-4-14-13(3-1)5-6-16-18(14)15(7-8-22-16)21(17-11-29-26-25-17)12-28-20(24-21)19-23-9-10-27-19/h1-11H,12H2. The molecule has 8 heteroatoms. The Hall–Kier alpha value is -4.07. The Morgan fingerprint density at radius 2 is 1.93 bits per heavy atom. The van der Waals surface area contributed by atoms with Crippen LogP contribution >= 0.6 is 0 Å². The van der Waals surface area contributed by atoms with E-state index in [-0.39, 0.29) is 6.61 Å². The topological polar surface area (TPSA) is 99.4 Å². The van der Waals surface area contributed by atoms with Gasteiger partial charge in [-0.05, 0) is 22.9 Å². The van der Waals surface area contributed by atoms with Gasteiger partial charge in [0.15, 0.2) is 11.8 Å². The Labute approximate surface area is 163 Å². The van der Waals surface area contributed by atoms with E-state index in [0.29, 0.717) is 17.5 Å². The second-order valence-corrected chi connectivity index (χ2v) is 6.73. The van der Waals surface area contributed by atoms with Gasteiger partial charge in [0.25, 0.3) is 11.8 Å². The largest absolute Gasteiger partial charge is 0.471 e. The number of hydrogen-bond donors (Lipinski definition) is 0. The maximum absolute atomic E-state index is 5.92. The molecule has 4 heterocycles. The van der Waals surface area contributed by atoms with E-state index in [9.17, 15) is 0 Å². The van der Waals surface area contributed by atoms with E-state index in [2.05, 4.69) is 38.5 Å². The second-order valence-electron chi connectivity index (χ2n) is 6.73. The first kappa shape index (κ1) is 15.9. The zero-order valence-electron chi connectivity index (χ0n) is 15.0. The van der Waals surface area contributed by atoms with Crippen LogP contribution in [0.25, 0.3) is 21.7 Å². The quantitative estimate of drug-likeness (QED) is 0.440. The van der Waals surface area contributed by atoms with Crippen molar-refractivity contribution in [1.82, 2.24) is 20.3 Å². The fourth-order valence-corrected chi connectivity index (χ4v) is 3.87. The van der Waals surface area contributed by atoms with Gasteiger partial charge in [0, 0.05) is 22.4 Å². The van der Waals surface area contributed by atoms with E-state index in [4.69, 9.17) is 18.7 Å². The highest BCUT2D eigenvalue weighted by molar-refractivity contribution is 6.08. The van der Waals surface area contributed by atoms with Crippen molar-refractivity contribution in [1.29, 1.82) is 0 Å². The molecule has 3 aromatic heterocycles. The highest BCUT2D eigenvalue weighted by atomic mass is 16.5. The molecule has 5 aromatic rings. The van der Waals surface area contributed by atoms with Gasteiger partial charge in [-0.3, -0.25) is 4.98 Å². The van der Waals surface area contributed by atoms with Crippen LogP contribution in [0.4, 0.5) is 0 Å². The summed E-state index contributed by atoms with van der Waals surface area (Å²) in [6.45, 7) is 0.210. The Balaban J connectivity index is 1.70. The first-order valence-electron chi connectivity index (χ1n) is 9.02. The first-order chi connectivity index (χ1) is 14.4. The summed E-state index contributed by atoms with van der Waals surface area (Å²) in [7, 11) is 0. The number of fused-ring (bicyclic) bond motifs is 3. The Kier molecular flexibility index (Phi) is 3.28.